The van der Waals surface area contributed by atoms with Crippen molar-refractivity contribution in [3.63, 3.8) is 0 Å². The number of nitrogens with one attached hydrogen (secondary N) is 1. The van der Waals surface area contributed by atoms with E-state index < -0.39 is 21.7 Å². The molecule has 0 unspecified atom stereocenters. The van der Waals surface area contributed by atoms with Crippen molar-refractivity contribution in [1.82, 2.24) is 14.3 Å². The molecule has 1 aromatic carbocycles. The van der Waals surface area contributed by atoms with Crippen LogP contribution < -0.4 is 4.72 Å². The molecule has 0 saturated heterocycles. The van der Waals surface area contributed by atoms with Gasteiger partial charge in [0.1, 0.15) is 16.5 Å². The Balaban J connectivity index is 1.56. The number of benzene rings is 1. The molecule has 0 radical (unpaired) electrons. The number of sulfonamides is 1. The second-order valence-corrected chi connectivity index (χ2v) is 10.7. The van der Waals surface area contributed by atoms with Gasteiger partial charge >= 0.3 is 6.18 Å². The Kier molecular flexibility index (Phi) is 4.85. The molecule has 2 aliphatic rings. The zero-order chi connectivity index (χ0) is 23.6. The second-order valence-electron chi connectivity index (χ2n) is 8.97. The fraction of sp³-hybridized carbons (Fsp3) is 0.391. The maximum absolute atomic E-state index is 13.2. The number of nitriles is 1. The Hall–Kier alpha value is -2.90. The lowest BCUT2D eigenvalue weighted by Gasteiger charge is -2.20. The third-order valence-electron chi connectivity index (χ3n) is 6.38. The molecule has 0 atom stereocenters. The monoisotopic (exact) mass is 474 g/mol. The van der Waals surface area contributed by atoms with Crippen LogP contribution in [0.25, 0.3) is 22.3 Å². The molecule has 1 N–H and O–H groups in total. The largest absolute Gasteiger partial charge is 0.407 e. The lowest BCUT2D eigenvalue weighted by Crippen LogP contribution is -2.47. The van der Waals surface area contributed by atoms with Crippen LogP contribution in [0, 0.1) is 24.2 Å². The molecular weight excluding hydrogens is 453 g/mol. The summed E-state index contributed by atoms with van der Waals surface area (Å²) >= 11 is 0. The third-order valence-corrected chi connectivity index (χ3v) is 7.90. The highest BCUT2D eigenvalue weighted by atomic mass is 32.2. The summed E-state index contributed by atoms with van der Waals surface area (Å²) in [5.41, 5.74) is 1.00. The van der Waals surface area contributed by atoms with Gasteiger partial charge in [0, 0.05) is 18.1 Å². The minimum atomic E-state index is -4.66. The van der Waals surface area contributed by atoms with Crippen LogP contribution >= 0.6 is 0 Å². The standard InChI is InChI=1S/C23H21F3N4O2S/c1-14-2-6-17-18(11-27)21(30(20(17)10-14)13-15-3-4-15)19-7-5-16(12-28-19)33(31,32)29-22(8-9-22)23(24,25)26/h2,5-7,10,12,15,29H,3-4,8-9,13H2,1H3. The number of fused-ring (bicyclic) bond motifs is 1. The van der Waals surface area contributed by atoms with Crippen LogP contribution in [0.2, 0.25) is 0 Å². The number of halogens is 3. The van der Waals surface area contributed by atoms with Crippen molar-refractivity contribution in [3.8, 4) is 17.5 Å². The van der Waals surface area contributed by atoms with Gasteiger partial charge in [-0.1, -0.05) is 12.1 Å². The SMILES string of the molecule is Cc1ccc2c(C#N)c(-c3ccc(S(=O)(=O)NC4(C(F)(F)F)CC4)cn3)n(CC3CC3)c2c1. The highest BCUT2D eigenvalue weighted by molar-refractivity contribution is 7.89. The molecule has 2 aliphatic carbocycles. The molecule has 2 aromatic heterocycles. The Labute approximate surface area is 189 Å². The molecule has 3 aromatic rings. The van der Waals surface area contributed by atoms with Crippen LogP contribution in [0.1, 0.15) is 36.8 Å². The van der Waals surface area contributed by atoms with E-state index in [0.29, 0.717) is 29.4 Å². The molecular formula is C23H21F3N4O2S. The van der Waals surface area contributed by atoms with E-state index in [2.05, 4.69) is 15.6 Å². The third kappa shape index (κ3) is 3.79. The smallest absolute Gasteiger partial charge is 0.338 e. The van der Waals surface area contributed by atoms with Crippen LogP contribution in [0.5, 0.6) is 0 Å². The topological polar surface area (TPSA) is 87.8 Å². The summed E-state index contributed by atoms with van der Waals surface area (Å²) in [7, 11) is -4.41. The summed E-state index contributed by atoms with van der Waals surface area (Å²) in [4.78, 5) is 3.92. The molecule has 0 spiro atoms. The van der Waals surface area contributed by atoms with Gasteiger partial charge < -0.3 is 4.57 Å². The number of alkyl halides is 3. The van der Waals surface area contributed by atoms with Gasteiger partial charge in [0.25, 0.3) is 0 Å². The highest BCUT2D eigenvalue weighted by Crippen LogP contribution is 2.49. The number of aryl methyl sites for hydroxylation is 1. The fourth-order valence-corrected chi connectivity index (χ4v) is 5.54. The number of rotatable bonds is 6. The first-order chi connectivity index (χ1) is 15.5. The minimum absolute atomic E-state index is 0.284. The molecule has 0 bridgehead atoms. The Morgan fingerprint density at radius 3 is 2.52 bits per heavy atom. The van der Waals surface area contributed by atoms with Gasteiger partial charge in [-0.3, -0.25) is 4.98 Å². The molecule has 0 aliphatic heterocycles. The maximum atomic E-state index is 13.2. The van der Waals surface area contributed by atoms with E-state index in [0.717, 1.165) is 35.5 Å². The van der Waals surface area contributed by atoms with Crippen molar-refractivity contribution in [1.29, 1.82) is 5.26 Å². The van der Waals surface area contributed by atoms with Crippen molar-refractivity contribution in [2.24, 2.45) is 5.92 Å². The quantitative estimate of drug-likeness (QED) is 0.563. The average Bonchev–Trinajstić information content (AvgIpc) is 3.67. The van der Waals surface area contributed by atoms with Gasteiger partial charge in [0.2, 0.25) is 10.0 Å². The summed E-state index contributed by atoms with van der Waals surface area (Å²) < 4.78 is 68.7. The van der Waals surface area contributed by atoms with Crippen molar-refractivity contribution in [3.05, 3.63) is 47.7 Å². The number of hydrogen-bond donors (Lipinski definition) is 1. The van der Waals surface area contributed by atoms with Gasteiger partial charge in [-0.15, -0.1) is 0 Å². The summed E-state index contributed by atoms with van der Waals surface area (Å²) in [6, 6.07) is 10.8. The first-order valence-electron chi connectivity index (χ1n) is 10.6. The van der Waals surface area contributed by atoms with Gasteiger partial charge in [0.15, 0.2) is 0 Å². The molecule has 2 fully saturated rings. The fourth-order valence-electron chi connectivity index (χ4n) is 4.15. The van der Waals surface area contributed by atoms with E-state index in [1.54, 1.807) is 4.72 Å². The Bertz CT molecular complexity index is 1390. The van der Waals surface area contributed by atoms with Gasteiger partial charge in [-0.25, -0.2) is 8.42 Å². The molecule has 5 rings (SSSR count). The van der Waals surface area contributed by atoms with Crippen molar-refractivity contribution in [2.45, 2.75) is 55.8 Å². The zero-order valence-corrected chi connectivity index (χ0v) is 18.6. The number of aromatic nitrogens is 2. The summed E-state index contributed by atoms with van der Waals surface area (Å²) in [5.74, 6) is 0.507. The minimum Gasteiger partial charge on any atom is -0.338 e. The van der Waals surface area contributed by atoms with Crippen molar-refractivity contribution < 1.29 is 21.6 Å². The van der Waals surface area contributed by atoms with Crippen LogP contribution in [-0.2, 0) is 16.6 Å². The molecule has 33 heavy (non-hydrogen) atoms. The number of nitrogens with zero attached hydrogens (tertiary/aromatic N) is 3. The van der Waals surface area contributed by atoms with Gasteiger partial charge in [-0.2, -0.15) is 23.2 Å². The zero-order valence-electron chi connectivity index (χ0n) is 17.8. The van der Waals surface area contributed by atoms with E-state index in [-0.39, 0.29) is 17.7 Å². The normalized spacial score (nSPS) is 17.8. The number of hydrogen-bond acceptors (Lipinski definition) is 4. The van der Waals surface area contributed by atoms with Crippen LogP contribution in [0.3, 0.4) is 0 Å². The summed E-state index contributed by atoms with van der Waals surface area (Å²) in [6.45, 7) is 2.69. The van der Waals surface area contributed by atoms with E-state index in [4.69, 9.17) is 0 Å². The van der Waals surface area contributed by atoms with Crippen LogP contribution in [0.15, 0.2) is 41.4 Å². The van der Waals surface area contributed by atoms with Gasteiger partial charge in [-0.05, 0) is 62.3 Å². The first kappa shape index (κ1) is 21.9. The van der Waals surface area contributed by atoms with Gasteiger partial charge in [0.05, 0.1) is 22.5 Å². The average molecular weight is 475 g/mol. The lowest BCUT2D eigenvalue weighted by atomic mass is 10.1. The predicted molar refractivity (Wildman–Crippen MR) is 116 cm³/mol. The van der Waals surface area contributed by atoms with Crippen LogP contribution in [0.4, 0.5) is 13.2 Å². The molecule has 0 amide bonds. The van der Waals surface area contributed by atoms with E-state index in [1.165, 1.54) is 12.1 Å². The highest BCUT2D eigenvalue weighted by Gasteiger charge is 2.65. The molecule has 10 heteroatoms. The van der Waals surface area contributed by atoms with E-state index in [1.807, 2.05) is 25.1 Å². The van der Waals surface area contributed by atoms with Crippen molar-refractivity contribution in [2.75, 3.05) is 0 Å². The first-order valence-corrected chi connectivity index (χ1v) is 12.1. The molecule has 2 saturated carbocycles. The number of pyridine rings is 1. The molecule has 172 valence electrons. The Morgan fingerprint density at radius 2 is 1.97 bits per heavy atom. The second kappa shape index (κ2) is 7.30. The summed E-state index contributed by atoms with van der Waals surface area (Å²) in [6.07, 6.45) is -1.97. The van der Waals surface area contributed by atoms with Crippen LogP contribution in [-0.4, -0.2) is 29.7 Å². The lowest BCUT2D eigenvalue weighted by molar-refractivity contribution is -0.160. The van der Waals surface area contributed by atoms with E-state index >= 15 is 0 Å². The van der Waals surface area contributed by atoms with E-state index in [9.17, 15) is 26.9 Å². The van der Waals surface area contributed by atoms with Crippen molar-refractivity contribution >= 4 is 20.9 Å². The predicted octanol–water partition coefficient (Wildman–Crippen LogP) is 4.67. The summed E-state index contributed by atoms with van der Waals surface area (Å²) in [5, 5.41) is 10.7. The maximum Gasteiger partial charge on any atom is 0.407 e. The molecule has 2 heterocycles. The Morgan fingerprint density at radius 1 is 1.24 bits per heavy atom. The molecule has 6 nitrogen and oxygen atoms in total.